The third-order valence-electron chi connectivity index (χ3n) is 2.48. The summed E-state index contributed by atoms with van der Waals surface area (Å²) < 4.78 is 5.25. The number of unbranched alkanes of at least 4 members (excludes halogenated alkanes) is 1. The number of anilines is 1. The van der Waals surface area contributed by atoms with Crippen LogP contribution in [-0.2, 0) is 4.74 Å². The Balaban J connectivity index is 0.000000280. The lowest BCUT2D eigenvalue weighted by Crippen LogP contribution is -2.36. The number of aromatic nitrogens is 1. The Bertz CT molecular complexity index is 256. The van der Waals surface area contributed by atoms with Crippen molar-refractivity contribution < 1.29 is 4.74 Å². The lowest BCUT2D eigenvalue weighted by Gasteiger charge is -2.27. The van der Waals surface area contributed by atoms with Gasteiger partial charge in [0.1, 0.15) is 5.82 Å². The molecule has 0 aromatic carbocycles. The van der Waals surface area contributed by atoms with Gasteiger partial charge in [0.2, 0.25) is 0 Å². The van der Waals surface area contributed by atoms with E-state index in [9.17, 15) is 0 Å². The van der Waals surface area contributed by atoms with Gasteiger partial charge >= 0.3 is 0 Å². The van der Waals surface area contributed by atoms with Crippen molar-refractivity contribution in [2.24, 2.45) is 0 Å². The summed E-state index contributed by atoms with van der Waals surface area (Å²) in [5, 5.41) is 0. The monoisotopic (exact) mass is 222 g/mol. The number of pyridine rings is 1. The Morgan fingerprint density at radius 2 is 1.88 bits per heavy atom. The molecule has 0 unspecified atom stereocenters. The van der Waals surface area contributed by atoms with E-state index < -0.39 is 0 Å². The molecule has 2 rings (SSSR count). The first-order valence-corrected chi connectivity index (χ1v) is 6.12. The van der Waals surface area contributed by atoms with E-state index in [2.05, 4.69) is 23.7 Å². The predicted octanol–water partition coefficient (Wildman–Crippen LogP) is 2.72. The molecule has 16 heavy (non-hydrogen) atoms. The van der Waals surface area contributed by atoms with Crippen LogP contribution in [0.1, 0.15) is 26.7 Å². The maximum atomic E-state index is 5.25. The number of hydrogen-bond donors (Lipinski definition) is 0. The van der Waals surface area contributed by atoms with Gasteiger partial charge in [0.15, 0.2) is 0 Å². The number of ether oxygens (including phenoxy) is 1. The van der Waals surface area contributed by atoms with Gasteiger partial charge in [-0.1, -0.05) is 32.8 Å². The Morgan fingerprint density at radius 3 is 2.38 bits per heavy atom. The van der Waals surface area contributed by atoms with E-state index in [0.29, 0.717) is 0 Å². The minimum atomic E-state index is 0.816. The van der Waals surface area contributed by atoms with Gasteiger partial charge < -0.3 is 9.64 Å². The minimum Gasteiger partial charge on any atom is -0.378 e. The number of nitrogens with zero attached hydrogens (tertiary/aromatic N) is 2. The van der Waals surface area contributed by atoms with Gasteiger partial charge in [-0.15, -0.1) is 0 Å². The van der Waals surface area contributed by atoms with Crippen LogP contribution in [0.5, 0.6) is 0 Å². The highest BCUT2D eigenvalue weighted by molar-refractivity contribution is 5.37. The standard InChI is InChI=1S/C9H12N2O.C4H10/c1-2-4-10-9(3-1)11-5-7-12-8-6-11;1-3-4-2/h1-4H,5-8H2;3-4H2,1-2H3. The Labute approximate surface area is 98.4 Å². The van der Waals surface area contributed by atoms with Gasteiger partial charge in [-0.2, -0.15) is 0 Å². The number of rotatable bonds is 2. The predicted molar refractivity (Wildman–Crippen MR) is 67.9 cm³/mol. The highest BCUT2D eigenvalue weighted by Crippen LogP contribution is 2.10. The van der Waals surface area contributed by atoms with Crippen LogP contribution >= 0.6 is 0 Å². The molecule has 0 atom stereocenters. The second kappa shape index (κ2) is 8.11. The summed E-state index contributed by atoms with van der Waals surface area (Å²) in [5.41, 5.74) is 0. The highest BCUT2D eigenvalue weighted by Gasteiger charge is 2.10. The molecule has 0 aliphatic carbocycles. The molecule has 1 saturated heterocycles. The normalized spacial score (nSPS) is 15.2. The van der Waals surface area contributed by atoms with Crippen LogP contribution in [0, 0.1) is 0 Å². The van der Waals surface area contributed by atoms with Gasteiger partial charge in [0.05, 0.1) is 13.2 Å². The van der Waals surface area contributed by atoms with Gasteiger partial charge in [-0.25, -0.2) is 4.98 Å². The van der Waals surface area contributed by atoms with E-state index in [-0.39, 0.29) is 0 Å². The molecule has 0 amide bonds. The maximum Gasteiger partial charge on any atom is 0.128 e. The fourth-order valence-electron chi connectivity index (χ4n) is 1.33. The zero-order chi connectivity index (χ0) is 11.6. The summed E-state index contributed by atoms with van der Waals surface area (Å²) in [5.74, 6) is 1.06. The third kappa shape index (κ3) is 4.62. The molecule has 1 aromatic heterocycles. The van der Waals surface area contributed by atoms with Crippen molar-refractivity contribution in [3.05, 3.63) is 24.4 Å². The van der Waals surface area contributed by atoms with Crippen LogP contribution < -0.4 is 4.90 Å². The van der Waals surface area contributed by atoms with E-state index >= 15 is 0 Å². The quantitative estimate of drug-likeness (QED) is 0.769. The number of morpholine rings is 1. The molecule has 1 fully saturated rings. The molecule has 0 spiro atoms. The highest BCUT2D eigenvalue weighted by atomic mass is 16.5. The van der Waals surface area contributed by atoms with Crippen LogP contribution in [0.4, 0.5) is 5.82 Å². The third-order valence-corrected chi connectivity index (χ3v) is 2.48. The lowest BCUT2D eigenvalue weighted by atomic mass is 10.4. The average Bonchev–Trinajstić information content (AvgIpc) is 2.41. The second-order valence-corrected chi connectivity index (χ2v) is 3.79. The molecule has 1 aromatic rings. The molecule has 3 nitrogen and oxygen atoms in total. The van der Waals surface area contributed by atoms with Crippen LogP contribution in [0.15, 0.2) is 24.4 Å². The van der Waals surface area contributed by atoms with Crippen molar-refractivity contribution in [1.82, 2.24) is 4.98 Å². The zero-order valence-corrected chi connectivity index (χ0v) is 10.4. The van der Waals surface area contributed by atoms with Gasteiger partial charge in [-0.05, 0) is 12.1 Å². The lowest BCUT2D eigenvalue weighted by molar-refractivity contribution is 0.122. The summed E-state index contributed by atoms with van der Waals surface area (Å²) >= 11 is 0. The first-order valence-electron chi connectivity index (χ1n) is 6.12. The van der Waals surface area contributed by atoms with Crippen molar-refractivity contribution in [3.8, 4) is 0 Å². The second-order valence-electron chi connectivity index (χ2n) is 3.79. The van der Waals surface area contributed by atoms with E-state index in [1.54, 1.807) is 0 Å². The minimum absolute atomic E-state index is 0.816. The molecular weight excluding hydrogens is 200 g/mol. The molecule has 1 aliphatic rings. The van der Waals surface area contributed by atoms with Crippen molar-refractivity contribution in [1.29, 1.82) is 0 Å². The number of hydrogen-bond acceptors (Lipinski definition) is 3. The molecule has 1 aliphatic heterocycles. The molecular formula is C13H22N2O. The van der Waals surface area contributed by atoms with Crippen molar-refractivity contribution in [2.75, 3.05) is 31.2 Å². The van der Waals surface area contributed by atoms with E-state index in [4.69, 9.17) is 4.74 Å². The molecule has 0 saturated carbocycles. The summed E-state index contributed by atoms with van der Waals surface area (Å²) in [7, 11) is 0. The molecule has 3 heteroatoms. The fraction of sp³-hybridized carbons (Fsp3) is 0.615. The molecule has 90 valence electrons. The zero-order valence-electron chi connectivity index (χ0n) is 10.4. The van der Waals surface area contributed by atoms with Crippen molar-refractivity contribution in [2.45, 2.75) is 26.7 Å². The first-order chi connectivity index (χ1) is 7.88. The Morgan fingerprint density at radius 1 is 1.19 bits per heavy atom. The van der Waals surface area contributed by atoms with Gasteiger partial charge in [-0.3, -0.25) is 0 Å². The van der Waals surface area contributed by atoms with Crippen LogP contribution in [-0.4, -0.2) is 31.3 Å². The average molecular weight is 222 g/mol. The summed E-state index contributed by atoms with van der Waals surface area (Å²) in [4.78, 5) is 6.51. The Kier molecular flexibility index (Phi) is 6.58. The molecule has 0 bridgehead atoms. The molecule has 0 radical (unpaired) electrons. The summed E-state index contributed by atoms with van der Waals surface area (Å²) in [6, 6.07) is 5.98. The van der Waals surface area contributed by atoms with E-state index in [1.807, 2.05) is 24.4 Å². The van der Waals surface area contributed by atoms with E-state index in [1.165, 1.54) is 12.8 Å². The van der Waals surface area contributed by atoms with Crippen molar-refractivity contribution in [3.63, 3.8) is 0 Å². The first kappa shape index (κ1) is 13.0. The van der Waals surface area contributed by atoms with Crippen LogP contribution in [0.3, 0.4) is 0 Å². The van der Waals surface area contributed by atoms with Crippen LogP contribution in [0.2, 0.25) is 0 Å². The van der Waals surface area contributed by atoms with Crippen LogP contribution in [0.25, 0.3) is 0 Å². The molecule has 0 N–H and O–H groups in total. The Hall–Kier alpha value is -1.09. The SMILES string of the molecule is CCCC.c1ccc(N2CCOCC2)nc1. The fourth-order valence-corrected chi connectivity index (χ4v) is 1.33. The molecule has 2 heterocycles. The summed E-state index contributed by atoms with van der Waals surface area (Å²) in [6.45, 7) is 7.90. The topological polar surface area (TPSA) is 25.4 Å². The summed E-state index contributed by atoms with van der Waals surface area (Å²) in [6.07, 6.45) is 4.46. The van der Waals surface area contributed by atoms with Gasteiger partial charge in [0.25, 0.3) is 0 Å². The smallest absolute Gasteiger partial charge is 0.128 e. The van der Waals surface area contributed by atoms with Crippen molar-refractivity contribution >= 4 is 5.82 Å². The van der Waals surface area contributed by atoms with E-state index in [0.717, 1.165) is 32.1 Å². The van der Waals surface area contributed by atoms with Gasteiger partial charge in [0, 0.05) is 19.3 Å². The maximum absolute atomic E-state index is 5.25. The largest absolute Gasteiger partial charge is 0.378 e.